The van der Waals surface area contributed by atoms with E-state index in [2.05, 4.69) is 46.3 Å². The number of hydrogen-bond acceptors (Lipinski definition) is 7. The number of rotatable bonds is 13. The summed E-state index contributed by atoms with van der Waals surface area (Å²) in [4.78, 5) is 20.6. The normalized spacial score (nSPS) is 17.3. The molecule has 1 fully saturated rings. The van der Waals surface area contributed by atoms with Gasteiger partial charge in [-0.25, -0.2) is 4.79 Å². The lowest BCUT2D eigenvalue weighted by atomic mass is 9.86. The van der Waals surface area contributed by atoms with Crippen molar-refractivity contribution < 1.29 is 28.5 Å². The lowest BCUT2D eigenvalue weighted by Crippen LogP contribution is -2.47. The summed E-state index contributed by atoms with van der Waals surface area (Å²) in [5.74, 6) is 1.87. The zero-order valence-electron chi connectivity index (χ0n) is 28.6. The number of carbonyl (C=O) groups excluding carboxylic acids is 1. The number of methoxy groups -OCH3 is 1. The summed E-state index contributed by atoms with van der Waals surface area (Å²) in [6.07, 6.45) is 3.11. The predicted octanol–water partition coefficient (Wildman–Crippen LogP) is 7.69. The number of aromatic nitrogens is 1. The molecule has 1 aromatic heterocycles. The highest BCUT2D eigenvalue weighted by Crippen LogP contribution is 2.35. The molecule has 0 spiro atoms. The number of benzene rings is 4. The SMILES string of the molecule is COCCCN1CCOc2ccc(COC3CN(C(=O)OCc4ccccc4)CCC3c3ccc(COc4cccc5[nH]ccc45)cc3)cc21. The molecule has 4 aromatic carbocycles. The molecule has 2 aliphatic rings. The molecule has 1 amide bonds. The maximum absolute atomic E-state index is 13.2. The van der Waals surface area contributed by atoms with Crippen molar-refractivity contribution in [2.75, 3.05) is 51.4 Å². The highest BCUT2D eigenvalue weighted by atomic mass is 16.6. The molecule has 7 rings (SSSR count). The Morgan fingerprint density at radius 1 is 0.880 bits per heavy atom. The Morgan fingerprint density at radius 3 is 2.58 bits per heavy atom. The van der Waals surface area contributed by atoms with E-state index >= 15 is 0 Å². The first-order valence-electron chi connectivity index (χ1n) is 17.5. The number of ether oxygens (including phenoxy) is 5. The molecule has 3 heterocycles. The van der Waals surface area contributed by atoms with Crippen molar-refractivity contribution in [2.45, 2.75) is 44.7 Å². The van der Waals surface area contributed by atoms with Gasteiger partial charge in [0, 0.05) is 49.8 Å². The van der Waals surface area contributed by atoms with Crippen LogP contribution in [0.15, 0.2) is 103 Å². The first kappa shape index (κ1) is 33.5. The fourth-order valence-electron chi connectivity index (χ4n) is 6.89. The monoisotopic (exact) mass is 675 g/mol. The number of aromatic amines is 1. The zero-order valence-corrected chi connectivity index (χ0v) is 28.6. The van der Waals surface area contributed by atoms with E-state index in [1.54, 1.807) is 12.0 Å². The Balaban J connectivity index is 1.04. The van der Waals surface area contributed by atoms with E-state index in [1.807, 2.05) is 66.9 Å². The topological polar surface area (TPSA) is 85.5 Å². The van der Waals surface area contributed by atoms with E-state index in [0.717, 1.165) is 77.3 Å². The minimum Gasteiger partial charge on any atom is -0.490 e. The van der Waals surface area contributed by atoms with Crippen LogP contribution in [0.5, 0.6) is 11.5 Å². The molecule has 0 bridgehead atoms. The fourth-order valence-corrected chi connectivity index (χ4v) is 6.89. The second kappa shape index (κ2) is 16.1. The van der Waals surface area contributed by atoms with Crippen molar-refractivity contribution in [1.29, 1.82) is 0 Å². The van der Waals surface area contributed by atoms with Gasteiger partial charge in [0.1, 0.15) is 31.3 Å². The number of anilines is 1. The second-order valence-corrected chi connectivity index (χ2v) is 12.9. The minimum absolute atomic E-state index is 0.114. The molecule has 1 N–H and O–H groups in total. The van der Waals surface area contributed by atoms with E-state index in [0.29, 0.717) is 32.9 Å². The van der Waals surface area contributed by atoms with Crippen LogP contribution in [0.3, 0.4) is 0 Å². The van der Waals surface area contributed by atoms with Crippen molar-refractivity contribution >= 4 is 22.7 Å². The fraction of sp³-hybridized carbons (Fsp3) is 0.341. The van der Waals surface area contributed by atoms with Gasteiger partial charge in [0.15, 0.2) is 0 Å². The van der Waals surface area contributed by atoms with Gasteiger partial charge >= 0.3 is 6.09 Å². The maximum atomic E-state index is 13.2. The molecule has 50 heavy (non-hydrogen) atoms. The van der Waals surface area contributed by atoms with Crippen LogP contribution in [0.25, 0.3) is 10.9 Å². The molecular weight excluding hydrogens is 630 g/mol. The Kier molecular flexibility index (Phi) is 10.8. The van der Waals surface area contributed by atoms with Gasteiger partial charge in [-0.2, -0.15) is 0 Å². The van der Waals surface area contributed by atoms with Gasteiger partial charge in [0.2, 0.25) is 0 Å². The molecule has 2 unspecified atom stereocenters. The largest absolute Gasteiger partial charge is 0.490 e. The smallest absolute Gasteiger partial charge is 0.410 e. The Hall–Kier alpha value is -4.99. The van der Waals surface area contributed by atoms with Gasteiger partial charge in [-0.3, -0.25) is 0 Å². The number of carbonyl (C=O) groups is 1. The Labute approximate surface area is 293 Å². The number of likely N-dealkylation sites (tertiary alicyclic amines) is 1. The van der Waals surface area contributed by atoms with Crippen molar-refractivity contribution in [3.8, 4) is 11.5 Å². The number of H-pyrrole nitrogens is 1. The first-order chi connectivity index (χ1) is 24.6. The molecule has 0 saturated carbocycles. The van der Waals surface area contributed by atoms with E-state index in [1.165, 1.54) is 5.56 Å². The highest BCUT2D eigenvalue weighted by molar-refractivity contribution is 5.85. The molecule has 9 nitrogen and oxygen atoms in total. The molecule has 0 aliphatic carbocycles. The molecule has 2 atom stereocenters. The second-order valence-electron chi connectivity index (χ2n) is 12.9. The van der Waals surface area contributed by atoms with Gasteiger partial charge in [-0.1, -0.05) is 66.7 Å². The van der Waals surface area contributed by atoms with Crippen molar-refractivity contribution in [2.24, 2.45) is 0 Å². The third-order valence-corrected chi connectivity index (χ3v) is 9.60. The Morgan fingerprint density at radius 2 is 1.72 bits per heavy atom. The van der Waals surface area contributed by atoms with Gasteiger partial charge in [-0.05, 0) is 65.4 Å². The van der Waals surface area contributed by atoms with Gasteiger partial charge in [0.05, 0.1) is 31.5 Å². The van der Waals surface area contributed by atoms with Crippen LogP contribution < -0.4 is 14.4 Å². The third-order valence-electron chi connectivity index (χ3n) is 9.60. The molecular formula is C41H45N3O6. The average Bonchev–Trinajstić information content (AvgIpc) is 3.66. The van der Waals surface area contributed by atoms with Gasteiger partial charge in [0.25, 0.3) is 0 Å². The lowest BCUT2D eigenvalue weighted by Gasteiger charge is -2.38. The first-order valence-corrected chi connectivity index (χ1v) is 17.5. The summed E-state index contributed by atoms with van der Waals surface area (Å²) >= 11 is 0. The summed E-state index contributed by atoms with van der Waals surface area (Å²) in [6, 6.07) is 32.8. The summed E-state index contributed by atoms with van der Waals surface area (Å²) in [7, 11) is 1.74. The predicted molar refractivity (Wildman–Crippen MR) is 194 cm³/mol. The van der Waals surface area contributed by atoms with Crippen LogP contribution in [-0.2, 0) is 34.0 Å². The van der Waals surface area contributed by atoms with Crippen molar-refractivity contribution in [3.63, 3.8) is 0 Å². The van der Waals surface area contributed by atoms with Gasteiger partial charge < -0.3 is 38.5 Å². The number of nitrogens with zero attached hydrogens (tertiary/aromatic N) is 2. The minimum atomic E-state index is -0.316. The average molecular weight is 676 g/mol. The maximum Gasteiger partial charge on any atom is 0.410 e. The van der Waals surface area contributed by atoms with Crippen LogP contribution >= 0.6 is 0 Å². The van der Waals surface area contributed by atoms with Crippen LogP contribution in [0.1, 0.15) is 41.0 Å². The molecule has 5 aromatic rings. The summed E-state index contributed by atoms with van der Waals surface area (Å²) < 4.78 is 29.9. The number of fused-ring (bicyclic) bond motifs is 2. The van der Waals surface area contributed by atoms with Crippen LogP contribution in [0.2, 0.25) is 0 Å². The van der Waals surface area contributed by atoms with Crippen molar-refractivity contribution in [1.82, 2.24) is 9.88 Å². The van der Waals surface area contributed by atoms with Gasteiger partial charge in [-0.15, -0.1) is 0 Å². The molecule has 1 saturated heterocycles. The lowest BCUT2D eigenvalue weighted by molar-refractivity contribution is -0.0246. The standard InChI is InChI=1S/C41H45N3O6/c1-46-23-6-20-43-22-24-47-39-16-13-32(25-37(39)43)29-49-40-26-44(41(45)50-28-30-7-3-2-4-8-30)21-18-34(40)33-14-11-31(12-15-33)27-48-38-10-5-9-36-35(38)17-19-42-36/h2-5,7-17,19,25,34,40,42H,6,18,20-24,26-29H2,1H3. The summed E-state index contributed by atoms with van der Waals surface area (Å²) in [6.45, 7) is 5.31. The van der Waals surface area contributed by atoms with Crippen molar-refractivity contribution in [3.05, 3.63) is 126 Å². The molecule has 2 aliphatic heterocycles. The third kappa shape index (κ3) is 8.07. The van der Waals surface area contributed by atoms with E-state index in [9.17, 15) is 4.79 Å². The van der Waals surface area contributed by atoms with Crippen LogP contribution in [-0.4, -0.2) is 68.6 Å². The quantitative estimate of drug-likeness (QED) is 0.128. The molecule has 0 radical (unpaired) electrons. The van der Waals surface area contributed by atoms with E-state index < -0.39 is 0 Å². The zero-order chi connectivity index (χ0) is 34.1. The summed E-state index contributed by atoms with van der Waals surface area (Å²) in [5.41, 5.74) is 6.45. The molecule has 260 valence electrons. The highest BCUT2D eigenvalue weighted by Gasteiger charge is 2.34. The number of amides is 1. The van der Waals surface area contributed by atoms with Crippen LogP contribution in [0, 0.1) is 0 Å². The van der Waals surface area contributed by atoms with E-state index in [-0.39, 0.29) is 24.7 Å². The Bertz CT molecular complexity index is 1840. The number of piperidine rings is 1. The number of hydrogen-bond donors (Lipinski definition) is 1. The van der Waals surface area contributed by atoms with Crippen LogP contribution in [0.4, 0.5) is 10.5 Å². The molecule has 9 heteroatoms. The van der Waals surface area contributed by atoms with E-state index in [4.69, 9.17) is 23.7 Å². The summed E-state index contributed by atoms with van der Waals surface area (Å²) in [5, 5.41) is 1.07. The number of nitrogens with one attached hydrogen (secondary N) is 1.